The van der Waals surface area contributed by atoms with Crippen molar-refractivity contribution in [3.8, 4) is 5.75 Å². The molecule has 0 aliphatic carbocycles. The van der Waals surface area contributed by atoms with Crippen molar-refractivity contribution < 1.29 is 27.5 Å². The quantitative estimate of drug-likeness (QED) is 0.0584. The third kappa shape index (κ3) is 13.7. The van der Waals surface area contributed by atoms with Gasteiger partial charge >= 0.3 is 0 Å². The van der Waals surface area contributed by atoms with Crippen LogP contribution >= 0.6 is 11.6 Å². The first-order valence-electron chi connectivity index (χ1n) is 20.0. The SMILES string of the molecule is CCN(CCNS(C)(=O)=O)c1ccc(N=C(C(=O)Nc2cc(NC(=O)CCCOc3ccc(C(C)(C)CC)cc3C(C)(C)CC)ccc2Cl)C(=O)C(C)(C)C)c(C)c1. The Balaban J connectivity index is 1.74. The molecular weight excluding hydrogens is 774 g/mol. The second-order valence-electron chi connectivity index (χ2n) is 17.1. The van der Waals surface area contributed by atoms with Crippen molar-refractivity contribution in [1.82, 2.24) is 4.72 Å². The Hall–Kier alpha value is -4.26. The minimum absolute atomic E-state index is 0.0498. The molecule has 0 bridgehead atoms. The Bertz CT molecular complexity index is 2090. The first-order valence-corrected chi connectivity index (χ1v) is 22.3. The number of ether oxygens (including phenoxy) is 1. The van der Waals surface area contributed by atoms with Crippen molar-refractivity contribution in [1.29, 1.82) is 0 Å². The van der Waals surface area contributed by atoms with E-state index in [1.165, 1.54) is 5.56 Å². The number of amides is 2. The van der Waals surface area contributed by atoms with Gasteiger partial charge in [0, 0.05) is 48.4 Å². The van der Waals surface area contributed by atoms with E-state index in [1.54, 1.807) is 45.0 Å². The van der Waals surface area contributed by atoms with Gasteiger partial charge in [-0.3, -0.25) is 14.4 Å². The fourth-order valence-corrected chi connectivity index (χ4v) is 6.62. The van der Waals surface area contributed by atoms with E-state index in [0.29, 0.717) is 43.1 Å². The predicted octanol–water partition coefficient (Wildman–Crippen LogP) is 9.52. The lowest BCUT2D eigenvalue weighted by molar-refractivity contribution is -0.121. The van der Waals surface area contributed by atoms with Crippen LogP contribution in [0.4, 0.5) is 22.7 Å². The van der Waals surface area contributed by atoms with E-state index < -0.39 is 27.1 Å². The summed E-state index contributed by atoms with van der Waals surface area (Å²) in [6, 6.07) is 16.6. The second kappa shape index (κ2) is 20.1. The zero-order valence-electron chi connectivity index (χ0n) is 36.5. The maximum atomic E-state index is 13.8. The van der Waals surface area contributed by atoms with E-state index in [9.17, 15) is 22.8 Å². The summed E-state index contributed by atoms with van der Waals surface area (Å²) >= 11 is 6.51. The summed E-state index contributed by atoms with van der Waals surface area (Å²) in [5, 5.41) is 5.84. The summed E-state index contributed by atoms with van der Waals surface area (Å²) in [5.74, 6) is -0.607. The highest BCUT2D eigenvalue weighted by molar-refractivity contribution is 7.88. The van der Waals surface area contributed by atoms with Crippen molar-refractivity contribution in [3.63, 3.8) is 0 Å². The summed E-state index contributed by atoms with van der Waals surface area (Å²) in [5.41, 5.74) is 3.80. The number of ketones is 1. The monoisotopic (exact) mass is 837 g/mol. The Morgan fingerprint density at radius 3 is 2.12 bits per heavy atom. The number of hydrogen-bond acceptors (Lipinski definition) is 8. The fourth-order valence-electron chi connectivity index (χ4n) is 6.00. The standard InChI is InChI=1S/C45H64ClN5O6S/c1-13-44(8,9)31-18-23-38(34(28-31)45(10,11)14-2)57-26-16-17-39(52)48-32-19-21-35(46)37(29-32)50-42(54)40(41(53)43(5,6)7)49-36-22-20-33(27-30(36)4)51(15-3)25-24-47-58(12,55)56/h18-23,27-29,47H,13-17,24-26H2,1-12H3,(H,48,52)(H,50,54). The largest absolute Gasteiger partial charge is 0.493 e. The van der Waals surface area contributed by atoms with Crippen molar-refractivity contribution in [2.45, 2.75) is 113 Å². The molecule has 0 unspecified atom stereocenters. The van der Waals surface area contributed by atoms with Crippen LogP contribution in [-0.2, 0) is 35.2 Å². The number of nitrogens with one attached hydrogen (secondary N) is 3. The van der Waals surface area contributed by atoms with E-state index in [-0.39, 0.29) is 46.1 Å². The number of benzene rings is 3. The molecule has 13 heteroatoms. The van der Waals surface area contributed by atoms with Gasteiger partial charge in [0.15, 0.2) is 11.5 Å². The molecule has 0 spiro atoms. The number of carbonyl (C=O) groups is 3. The Kier molecular flexibility index (Phi) is 16.7. The molecular formula is C45H64ClN5O6S. The lowest BCUT2D eigenvalue weighted by atomic mass is 9.76. The molecule has 0 fully saturated rings. The number of anilines is 3. The molecule has 3 aromatic carbocycles. The molecule has 11 nitrogen and oxygen atoms in total. The molecule has 318 valence electrons. The van der Waals surface area contributed by atoms with Crippen molar-refractivity contribution >= 4 is 67.7 Å². The molecule has 0 saturated heterocycles. The average molecular weight is 839 g/mol. The molecule has 3 aromatic rings. The summed E-state index contributed by atoms with van der Waals surface area (Å²) in [7, 11) is -3.32. The molecule has 0 aromatic heterocycles. The van der Waals surface area contributed by atoms with Crippen LogP contribution < -0.4 is 25.0 Å². The van der Waals surface area contributed by atoms with Gasteiger partial charge in [-0.05, 0) is 97.5 Å². The normalized spacial score (nSPS) is 12.6. The van der Waals surface area contributed by atoms with Gasteiger partial charge < -0.3 is 20.3 Å². The second-order valence-corrected chi connectivity index (χ2v) is 19.3. The molecule has 0 aliphatic rings. The highest BCUT2D eigenvalue weighted by atomic mass is 35.5. The van der Waals surface area contributed by atoms with Crippen LogP contribution in [0.5, 0.6) is 5.75 Å². The van der Waals surface area contributed by atoms with Gasteiger partial charge in [-0.1, -0.05) is 86.0 Å². The summed E-state index contributed by atoms with van der Waals surface area (Å²) in [6.45, 7) is 23.9. The lowest BCUT2D eigenvalue weighted by Crippen LogP contribution is -2.37. The van der Waals surface area contributed by atoms with Crippen LogP contribution in [0.25, 0.3) is 0 Å². The Morgan fingerprint density at radius 2 is 1.53 bits per heavy atom. The summed E-state index contributed by atoms with van der Waals surface area (Å²) < 4.78 is 31.8. The number of nitrogens with zero attached hydrogens (tertiary/aromatic N) is 2. The van der Waals surface area contributed by atoms with E-state index >= 15 is 0 Å². The number of carbonyl (C=O) groups excluding carboxylic acids is 3. The van der Waals surface area contributed by atoms with Crippen LogP contribution in [-0.4, -0.2) is 64.2 Å². The number of aliphatic imine (C=N–C) groups is 1. The van der Waals surface area contributed by atoms with Gasteiger partial charge in [0.25, 0.3) is 5.91 Å². The van der Waals surface area contributed by atoms with Crippen LogP contribution in [0.3, 0.4) is 0 Å². The van der Waals surface area contributed by atoms with E-state index in [0.717, 1.165) is 36.1 Å². The minimum atomic E-state index is -3.32. The fraction of sp³-hybridized carbons (Fsp3) is 0.511. The van der Waals surface area contributed by atoms with E-state index in [1.807, 2.05) is 30.9 Å². The van der Waals surface area contributed by atoms with Gasteiger partial charge in [0.05, 0.1) is 29.3 Å². The van der Waals surface area contributed by atoms with E-state index in [4.69, 9.17) is 16.3 Å². The number of likely N-dealkylation sites (N-methyl/N-ethyl adjacent to an activating group) is 1. The smallest absolute Gasteiger partial charge is 0.278 e. The number of halogens is 1. The Morgan fingerprint density at radius 1 is 0.862 bits per heavy atom. The zero-order valence-corrected chi connectivity index (χ0v) is 38.1. The van der Waals surface area contributed by atoms with Gasteiger partial charge in [0.1, 0.15) is 5.75 Å². The number of sulfonamides is 1. The first-order chi connectivity index (χ1) is 26.9. The maximum absolute atomic E-state index is 13.8. The van der Waals surface area contributed by atoms with Crippen LogP contribution in [0.15, 0.2) is 59.6 Å². The van der Waals surface area contributed by atoms with E-state index in [2.05, 4.69) is 80.1 Å². The van der Waals surface area contributed by atoms with Gasteiger partial charge in [-0.25, -0.2) is 18.1 Å². The molecule has 0 radical (unpaired) electrons. The summed E-state index contributed by atoms with van der Waals surface area (Å²) in [4.78, 5) is 47.1. The first kappa shape index (κ1) is 48.1. The van der Waals surface area contributed by atoms with Gasteiger partial charge in [-0.2, -0.15) is 0 Å². The topological polar surface area (TPSA) is 146 Å². The third-order valence-corrected chi connectivity index (χ3v) is 11.6. The number of Topliss-reactive ketones (excluding diaryl/α,β-unsaturated/α-hetero) is 1. The number of rotatable bonds is 20. The number of aryl methyl sites for hydroxylation is 1. The third-order valence-electron chi connectivity index (χ3n) is 10.6. The molecule has 3 rings (SSSR count). The van der Waals surface area contributed by atoms with Crippen LogP contribution in [0, 0.1) is 12.3 Å². The minimum Gasteiger partial charge on any atom is -0.493 e. The van der Waals surface area contributed by atoms with Gasteiger partial charge in [-0.15, -0.1) is 0 Å². The molecule has 3 N–H and O–H groups in total. The molecule has 0 atom stereocenters. The maximum Gasteiger partial charge on any atom is 0.278 e. The highest BCUT2D eigenvalue weighted by Gasteiger charge is 2.32. The van der Waals surface area contributed by atoms with Crippen molar-refractivity contribution in [2.75, 3.05) is 48.0 Å². The van der Waals surface area contributed by atoms with Crippen LogP contribution in [0.1, 0.15) is 112 Å². The van der Waals surface area contributed by atoms with Crippen molar-refractivity contribution in [3.05, 3.63) is 76.3 Å². The molecule has 58 heavy (non-hydrogen) atoms. The lowest BCUT2D eigenvalue weighted by Gasteiger charge is -2.30. The molecule has 0 aliphatic heterocycles. The predicted molar refractivity (Wildman–Crippen MR) is 240 cm³/mol. The van der Waals surface area contributed by atoms with Gasteiger partial charge in [0.2, 0.25) is 15.9 Å². The summed E-state index contributed by atoms with van der Waals surface area (Å²) in [6.07, 6.45) is 3.79. The van der Waals surface area contributed by atoms with Crippen molar-refractivity contribution in [2.24, 2.45) is 10.4 Å². The highest BCUT2D eigenvalue weighted by Crippen LogP contribution is 2.38. The average Bonchev–Trinajstić information content (AvgIpc) is 3.14. The number of hydrogen-bond donors (Lipinski definition) is 3. The zero-order chi connectivity index (χ0) is 43.6. The Labute approximate surface area is 351 Å². The van der Waals surface area contributed by atoms with Crippen LogP contribution in [0.2, 0.25) is 5.02 Å². The molecule has 2 amide bonds. The molecule has 0 heterocycles. The molecule has 0 saturated carbocycles.